The van der Waals surface area contributed by atoms with Gasteiger partial charge < -0.3 is 34.7 Å². The van der Waals surface area contributed by atoms with Crippen molar-refractivity contribution in [1.29, 1.82) is 0 Å². The SMILES string of the molecule is CCOc1cc([C@H]2NC(=O)NC(C)=C2C(=O)OC)ccc1OC[C@H](O)N/N=C\c1cc(Br)c(OCC)c(Br)c1. The molecule has 39 heavy (non-hydrogen) atoms. The number of nitrogens with one attached hydrogen (secondary N) is 3. The zero-order valence-corrected chi connectivity index (χ0v) is 25.0. The number of carbonyl (C=O) groups excluding carboxylic acids is 2. The minimum Gasteiger partial charge on any atom is -0.492 e. The van der Waals surface area contributed by atoms with Crippen LogP contribution in [-0.2, 0) is 9.53 Å². The highest BCUT2D eigenvalue weighted by molar-refractivity contribution is 9.11. The third-order valence-electron chi connectivity index (χ3n) is 5.42. The van der Waals surface area contributed by atoms with Gasteiger partial charge in [-0.25, -0.2) is 9.59 Å². The number of rotatable bonds is 12. The maximum atomic E-state index is 12.4. The second-order valence-electron chi connectivity index (χ2n) is 8.16. The Labute approximate surface area is 243 Å². The number of halogens is 2. The first-order valence-electron chi connectivity index (χ1n) is 12.0. The molecular formula is C26H30Br2N4O7. The van der Waals surface area contributed by atoms with E-state index >= 15 is 0 Å². The van der Waals surface area contributed by atoms with Gasteiger partial charge in [-0.15, -0.1) is 0 Å². The monoisotopic (exact) mass is 668 g/mol. The average Bonchev–Trinajstić information content (AvgIpc) is 2.89. The van der Waals surface area contributed by atoms with E-state index in [1.807, 2.05) is 26.0 Å². The van der Waals surface area contributed by atoms with Crippen LogP contribution in [0.15, 0.2) is 55.6 Å². The first-order chi connectivity index (χ1) is 18.7. The molecule has 0 aromatic heterocycles. The fourth-order valence-corrected chi connectivity index (χ4v) is 5.21. The molecule has 1 aliphatic heterocycles. The lowest BCUT2D eigenvalue weighted by Gasteiger charge is -2.28. The van der Waals surface area contributed by atoms with E-state index in [2.05, 4.69) is 53.0 Å². The number of benzene rings is 2. The van der Waals surface area contributed by atoms with Crippen LogP contribution < -0.4 is 30.3 Å². The van der Waals surface area contributed by atoms with E-state index in [1.165, 1.54) is 7.11 Å². The van der Waals surface area contributed by atoms with Gasteiger partial charge in [-0.05, 0) is 88.0 Å². The van der Waals surface area contributed by atoms with E-state index in [4.69, 9.17) is 18.9 Å². The number of amides is 2. The Hall–Kier alpha value is -3.29. The number of hydrogen-bond donors (Lipinski definition) is 4. The zero-order chi connectivity index (χ0) is 28.5. The van der Waals surface area contributed by atoms with Crippen LogP contribution in [0.25, 0.3) is 0 Å². The molecule has 0 fully saturated rings. The summed E-state index contributed by atoms with van der Waals surface area (Å²) in [5, 5.41) is 19.7. The Kier molecular flexibility index (Phi) is 11.0. The summed E-state index contributed by atoms with van der Waals surface area (Å²) >= 11 is 6.95. The third-order valence-corrected chi connectivity index (χ3v) is 6.60. The second kappa shape index (κ2) is 14.2. The summed E-state index contributed by atoms with van der Waals surface area (Å²) in [6.07, 6.45) is 0.432. The van der Waals surface area contributed by atoms with Gasteiger partial charge >= 0.3 is 12.0 Å². The molecule has 1 heterocycles. The van der Waals surface area contributed by atoms with Crippen LogP contribution in [-0.4, -0.2) is 56.5 Å². The minimum atomic E-state index is -1.12. The summed E-state index contributed by atoms with van der Waals surface area (Å²) in [6, 6.07) is 7.50. The standard InChI is InChI=1S/C26H30Br2N4O7/c1-5-37-20-11-16(23-22(25(34)36-4)14(3)30-26(35)31-23)7-8-19(20)39-13-21(33)32-29-12-15-9-17(27)24(38-6-2)18(28)10-15/h7-12,21,23,32-33H,5-6,13H2,1-4H3,(H2,30,31,35)/b29-12-/t21-,23+/m0/s1. The molecule has 0 aliphatic carbocycles. The summed E-state index contributed by atoms with van der Waals surface area (Å²) in [4.78, 5) is 24.5. The van der Waals surface area contributed by atoms with Crippen molar-refractivity contribution >= 4 is 50.1 Å². The van der Waals surface area contributed by atoms with Crippen LogP contribution in [0.1, 0.15) is 37.9 Å². The first kappa shape index (κ1) is 30.3. The molecule has 0 saturated carbocycles. The summed E-state index contributed by atoms with van der Waals surface area (Å²) in [7, 11) is 1.28. The number of esters is 1. The number of carbonyl (C=O) groups is 2. The molecule has 2 aromatic rings. The van der Waals surface area contributed by atoms with Gasteiger partial charge in [0.15, 0.2) is 17.7 Å². The summed E-state index contributed by atoms with van der Waals surface area (Å²) in [6.45, 7) is 6.09. The van der Waals surface area contributed by atoms with Gasteiger partial charge in [-0.2, -0.15) is 5.10 Å². The molecule has 4 N–H and O–H groups in total. The van der Waals surface area contributed by atoms with Crippen LogP contribution in [0.2, 0.25) is 0 Å². The van der Waals surface area contributed by atoms with Crippen LogP contribution in [0.5, 0.6) is 17.2 Å². The lowest BCUT2D eigenvalue weighted by atomic mass is 9.95. The Morgan fingerprint density at radius 2 is 1.82 bits per heavy atom. The summed E-state index contributed by atoms with van der Waals surface area (Å²) in [5.74, 6) is 0.875. The molecule has 2 atom stereocenters. The third kappa shape index (κ3) is 7.87. The predicted octanol–water partition coefficient (Wildman–Crippen LogP) is 4.13. The lowest BCUT2D eigenvalue weighted by Crippen LogP contribution is -2.45. The molecule has 3 rings (SSSR count). The smallest absolute Gasteiger partial charge is 0.337 e. The van der Waals surface area contributed by atoms with E-state index in [0.717, 1.165) is 14.5 Å². The zero-order valence-electron chi connectivity index (χ0n) is 21.8. The van der Waals surface area contributed by atoms with E-state index in [1.54, 1.807) is 31.3 Å². The van der Waals surface area contributed by atoms with E-state index < -0.39 is 24.3 Å². The number of hydrogen-bond acceptors (Lipinski definition) is 9. The van der Waals surface area contributed by atoms with Crippen molar-refractivity contribution in [3.63, 3.8) is 0 Å². The highest BCUT2D eigenvalue weighted by atomic mass is 79.9. The first-order valence-corrected chi connectivity index (χ1v) is 13.6. The molecule has 11 nitrogen and oxygen atoms in total. The van der Waals surface area contributed by atoms with E-state index in [0.29, 0.717) is 41.7 Å². The molecule has 210 valence electrons. The van der Waals surface area contributed by atoms with Gasteiger partial charge in [-0.3, -0.25) is 5.43 Å². The number of aliphatic hydroxyl groups is 1. The van der Waals surface area contributed by atoms with Gasteiger partial charge in [-0.1, -0.05) is 6.07 Å². The largest absolute Gasteiger partial charge is 0.492 e. The minimum absolute atomic E-state index is 0.135. The van der Waals surface area contributed by atoms with Crippen LogP contribution in [0.4, 0.5) is 4.79 Å². The molecule has 0 radical (unpaired) electrons. The molecule has 0 saturated heterocycles. The lowest BCUT2D eigenvalue weighted by molar-refractivity contribution is -0.136. The normalized spacial score (nSPS) is 15.9. The van der Waals surface area contributed by atoms with Crippen molar-refractivity contribution in [3.8, 4) is 17.2 Å². The van der Waals surface area contributed by atoms with Crippen molar-refractivity contribution in [2.24, 2.45) is 5.10 Å². The van der Waals surface area contributed by atoms with Crippen LogP contribution in [0, 0.1) is 0 Å². The van der Waals surface area contributed by atoms with Gasteiger partial charge in [0, 0.05) is 5.70 Å². The Balaban J connectivity index is 1.69. The van der Waals surface area contributed by atoms with Gasteiger partial charge in [0.1, 0.15) is 12.4 Å². The second-order valence-corrected chi connectivity index (χ2v) is 9.87. The van der Waals surface area contributed by atoms with Crippen molar-refractivity contribution in [3.05, 3.63) is 61.7 Å². The fourth-order valence-electron chi connectivity index (χ4n) is 3.76. The summed E-state index contributed by atoms with van der Waals surface area (Å²) in [5.41, 5.74) is 4.65. The van der Waals surface area contributed by atoms with Crippen molar-refractivity contribution < 1.29 is 33.6 Å². The molecular weight excluding hydrogens is 640 g/mol. The highest BCUT2D eigenvalue weighted by Gasteiger charge is 2.32. The number of allylic oxidation sites excluding steroid dienone is 1. The molecule has 0 unspecified atom stereocenters. The molecule has 0 bridgehead atoms. The maximum Gasteiger partial charge on any atom is 0.337 e. The number of aliphatic hydroxyl groups excluding tert-OH is 1. The van der Waals surface area contributed by atoms with Crippen molar-refractivity contribution in [2.45, 2.75) is 33.0 Å². The molecule has 2 amide bonds. The topological polar surface area (TPSA) is 140 Å². The van der Waals surface area contributed by atoms with E-state index in [-0.39, 0.29) is 12.2 Å². The Morgan fingerprint density at radius 1 is 1.13 bits per heavy atom. The molecule has 2 aromatic carbocycles. The quantitative estimate of drug-likeness (QED) is 0.115. The highest BCUT2D eigenvalue weighted by Crippen LogP contribution is 2.35. The molecule has 13 heteroatoms. The number of hydrazone groups is 1. The van der Waals surface area contributed by atoms with Gasteiger partial charge in [0.2, 0.25) is 0 Å². The van der Waals surface area contributed by atoms with E-state index in [9.17, 15) is 14.7 Å². The van der Waals surface area contributed by atoms with Crippen molar-refractivity contribution in [2.75, 3.05) is 26.9 Å². The average molecular weight is 670 g/mol. The summed E-state index contributed by atoms with van der Waals surface area (Å²) < 4.78 is 23.5. The van der Waals surface area contributed by atoms with Gasteiger partial charge in [0.05, 0.1) is 47.1 Å². The maximum absolute atomic E-state index is 12.4. The van der Waals surface area contributed by atoms with Crippen molar-refractivity contribution in [1.82, 2.24) is 16.1 Å². The Morgan fingerprint density at radius 3 is 2.46 bits per heavy atom. The number of urea groups is 1. The number of nitrogens with zero attached hydrogens (tertiary/aromatic N) is 1. The molecule has 0 spiro atoms. The predicted molar refractivity (Wildman–Crippen MR) is 152 cm³/mol. The number of ether oxygens (including phenoxy) is 4. The van der Waals surface area contributed by atoms with Crippen LogP contribution in [0.3, 0.4) is 0 Å². The van der Waals surface area contributed by atoms with Crippen LogP contribution >= 0.6 is 31.9 Å². The molecule has 1 aliphatic rings. The van der Waals surface area contributed by atoms with Gasteiger partial charge in [0.25, 0.3) is 0 Å². The Bertz CT molecular complexity index is 1250. The number of methoxy groups -OCH3 is 1. The fraction of sp³-hybridized carbons (Fsp3) is 0.346.